The molecule has 138 valence electrons. The van der Waals surface area contributed by atoms with Gasteiger partial charge in [-0.1, -0.05) is 0 Å². The van der Waals surface area contributed by atoms with E-state index in [9.17, 15) is 0 Å². The number of halogens is 1. The fraction of sp³-hybridized carbons (Fsp3) is 0.500. The van der Waals surface area contributed by atoms with Crippen molar-refractivity contribution in [1.82, 2.24) is 14.8 Å². The first-order valence-corrected chi connectivity index (χ1v) is 9.84. The lowest BCUT2D eigenvalue weighted by molar-refractivity contribution is 0.0343. The second-order valence-electron chi connectivity index (χ2n) is 6.86. The fourth-order valence-corrected chi connectivity index (χ4v) is 3.86. The molecule has 1 aliphatic carbocycles. The summed E-state index contributed by atoms with van der Waals surface area (Å²) in [4.78, 5) is 4.36. The van der Waals surface area contributed by atoms with Crippen LogP contribution in [0.25, 0.3) is 0 Å². The van der Waals surface area contributed by atoms with Gasteiger partial charge >= 0.3 is 0 Å². The Labute approximate surface area is 161 Å². The quantitative estimate of drug-likeness (QED) is 0.613. The molecule has 8 heteroatoms. The highest BCUT2D eigenvalue weighted by atomic mass is 79.9. The van der Waals surface area contributed by atoms with Crippen LogP contribution < -0.4 is 10.6 Å². The highest BCUT2D eigenvalue weighted by molar-refractivity contribution is 9.10. The number of aryl methyl sites for hydroxylation is 1. The minimum atomic E-state index is 0.0306. The highest BCUT2D eigenvalue weighted by Gasteiger charge is 2.30. The monoisotopic (exact) mass is 418 g/mol. The Hall–Kier alpha value is -1.93. The highest BCUT2D eigenvalue weighted by Crippen LogP contribution is 2.47. The molecule has 1 aromatic carbocycles. The van der Waals surface area contributed by atoms with E-state index in [1.807, 2.05) is 13.1 Å². The van der Waals surface area contributed by atoms with Crippen molar-refractivity contribution >= 4 is 39.5 Å². The predicted octanol–water partition coefficient (Wildman–Crippen LogP) is 4.13. The molecule has 1 saturated heterocycles. The van der Waals surface area contributed by atoms with Gasteiger partial charge in [0.15, 0.2) is 0 Å². The van der Waals surface area contributed by atoms with Crippen LogP contribution in [0.3, 0.4) is 0 Å². The molecule has 1 atom stereocenters. The molecule has 0 amide bonds. The summed E-state index contributed by atoms with van der Waals surface area (Å²) in [6, 6.07) is 4.09. The second-order valence-corrected chi connectivity index (χ2v) is 7.57. The summed E-state index contributed by atoms with van der Waals surface area (Å²) < 4.78 is 8.07. The number of ether oxygens (including phenoxy) is 1. The van der Waals surface area contributed by atoms with Crippen molar-refractivity contribution < 1.29 is 4.74 Å². The van der Waals surface area contributed by atoms with Gasteiger partial charge in [-0.3, -0.25) is 0 Å². The lowest BCUT2D eigenvalue weighted by Gasteiger charge is -2.26. The fourth-order valence-electron chi connectivity index (χ4n) is 3.45. The van der Waals surface area contributed by atoms with Crippen molar-refractivity contribution in [1.29, 1.82) is 5.41 Å². The summed E-state index contributed by atoms with van der Waals surface area (Å²) in [6.07, 6.45) is 7.10. The van der Waals surface area contributed by atoms with Crippen molar-refractivity contribution in [2.75, 3.05) is 17.2 Å². The minimum absolute atomic E-state index is 0.0306. The Morgan fingerprint density at radius 2 is 2.08 bits per heavy atom. The first-order valence-electron chi connectivity index (χ1n) is 9.05. The molecule has 2 heterocycles. The number of benzene rings is 1. The molecule has 2 fully saturated rings. The lowest BCUT2D eigenvalue weighted by Crippen LogP contribution is -2.27. The number of hydrogen-bond acceptors (Lipinski definition) is 6. The normalized spacial score (nSPS) is 20.0. The van der Waals surface area contributed by atoms with Crippen LogP contribution in [-0.2, 0) is 11.8 Å². The van der Waals surface area contributed by atoms with Gasteiger partial charge in [0.2, 0.25) is 10.7 Å². The van der Waals surface area contributed by atoms with Gasteiger partial charge < -0.3 is 20.8 Å². The number of aromatic nitrogens is 3. The number of nitrogens with one attached hydrogen (secondary N) is 3. The van der Waals surface area contributed by atoms with E-state index >= 15 is 0 Å². The summed E-state index contributed by atoms with van der Waals surface area (Å²) in [7, 11) is 1.85. The van der Waals surface area contributed by atoms with Crippen LogP contribution in [0.5, 0.6) is 0 Å². The van der Waals surface area contributed by atoms with E-state index in [0.29, 0.717) is 16.6 Å². The van der Waals surface area contributed by atoms with Crippen LogP contribution in [0.1, 0.15) is 49.1 Å². The van der Waals surface area contributed by atoms with Crippen molar-refractivity contribution in [2.24, 2.45) is 7.05 Å². The molecule has 0 bridgehead atoms. The van der Waals surface area contributed by atoms with Crippen LogP contribution in [0.4, 0.5) is 17.3 Å². The minimum Gasteiger partial charge on any atom is -0.360 e. The summed E-state index contributed by atoms with van der Waals surface area (Å²) in [5.74, 6) is 1.16. The standard InChI is InChI=1S/C18H23BrN6O/c1-25-18(23-17(19)24-25)22-14-8-7-13(21-15-4-2-3-9-26-15)12(10-20)16(14)11-5-6-11/h7-8,10-11,15,20-21H,2-6,9H2,1H3,(H,22,23,24). The molecule has 7 nitrogen and oxygen atoms in total. The average Bonchev–Trinajstić information content (AvgIpc) is 3.42. The van der Waals surface area contributed by atoms with Crippen LogP contribution in [0.15, 0.2) is 16.9 Å². The Morgan fingerprint density at radius 3 is 2.69 bits per heavy atom. The zero-order chi connectivity index (χ0) is 18.1. The van der Waals surface area contributed by atoms with Crippen LogP contribution in [0.2, 0.25) is 0 Å². The third-order valence-electron chi connectivity index (χ3n) is 4.90. The van der Waals surface area contributed by atoms with E-state index in [1.165, 1.54) is 18.2 Å². The molecule has 0 radical (unpaired) electrons. The molecule has 3 N–H and O–H groups in total. The molecule has 1 saturated carbocycles. The topological polar surface area (TPSA) is 87.8 Å². The van der Waals surface area contributed by atoms with E-state index in [1.54, 1.807) is 4.68 Å². The maximum atomic E-state index is 8.01. The van der Waals surface area contributed by atoms with Gasteiger partial charge in [0.1, 0.15) is 6.23 Å². The zero-order valence-electron chi connectivity index (χ0n) is 14.8. The Bertz CT molecular complexity index is 810. The van der Waals surface area contributed by atoms with Crippen molar-refractivity contribution in [3.05, 3.63) is 28.0 Å². The third-order valence-corrected chi connectivity index (χ3v) is 5.23. The smallest absolute Gasteiger partial charge is 0.226 e. The van der Waals surface area contributed by atoms with Crippen molar-refractivity contribution in [2.45, 2.75) is 44.2 Å². The molecular weight excluding hydrogens is 396 g/mol. The number of rotatable bonds is 6. The summed E-state index contributed by atoms with van der Waals surface area (Å²) in [5, 5.41) is 19.1. The SMILES string of the molecule is Cn1nc(Br)nc1Nc1ccc(NC2CCCCO2)c(C=N)c1C1CC1. The number of hydrogen-bond donors (Lipinski definition) is 3. The van der Waals surface area contributed by atoms with Gasteiger partial charge in [-0.15, -0.1) is 5.10 Å². The van der Waals surface area contributed by atoms with E-state index in [2.05, 4.69) is 42.7 Å². The maximum absolute atomic E-state index is 8.01. The number of nitrogens with zero attached hydrogens (tertiary/aromatic N) is 3. The van der Waals surface area contributed by atoms with Gasteiger partial charge in [0.05, 0.1) is 0 Å². The Kier molecular flexibility index (Phi) is 4.95. The van der Waals surface area contributed by atoms with E-state index in [0.717, 1.165) is 49.2 Å². The van der Waals surface area contributed by atoms with Gasteiger partial charge in [-0.2, -0.15) is 4.98 Å². The molecule has 1 unspecified atom stereocenters. The van der Waals surface area contributed by atoms with Crippen LogP contribution in [0, 0.1) is 5.41 Å². The molecule has 0 spiro atoms. The number of anilines is 3. The molecule has 2 aliphatic rings. The van der Waals surface area contributed by atoms with Crippen molar-refractivity contribution in [3.8, 4) is 0 Å². The summed E-state index contributed by atoms with van der Waals surface area (Å²) >= 11 is 3.31. The van der Waals surface area contributed by atoms with E-state index in [4.69, 9.17) is 10.1 Å². The zero-order valence-corrected chi connectivity index (χ0v) is 16.3. The van der Waals surface area contributed by atoms with Crippen molar-refractivity contribution in [3.63, 3.8) is 0 Å². The maximum Gasteiger partial charge on any atom is 0.226 e. The summed E-state index contributed by atoms with van der Waals surface area (Å²) in [5.41, 5.74) is 4.08. The van der Waals surface area contributed by atoms with Gasteiger partial charge in [-0.05, 0) is 71.6 Å². The summed E-state index contributed by atoms with van der Waals surface area (Å²) in [6.45, 7) is 0.799. The average molecular weight is 419 g/mol. The van der Waals surface area contributed by atoms with Gasteiger partial charge in [0.25, 0.3) is 0 Å². The van der Waals surface area contributed by atoms with Crippen LogP contribution in [-0.4, -0.2) is 33.8 Å². The Morgan fingerprint density at radius 1 is 1.27 bits per heavy atom. The second kappa shape index (κ2) is 7.36. The first-order chi connectivity index (χ1) is 12.7. The third kappa shape index (κ3) is 3.61. The van der Waals surface area contributed by atoms with Crippen LogP contribution >= 0.6 is 15.9 Å². The largest absolute Gasteiger partial charge is 0.360 e. The molecule has 2 aromatic rings. The molecular formula is C18H23BrN6O. The molecule has 1 aromatic heterocycles. The molecule has 26 heavy (non-hydrogen) atoms. The van der Waals surface area contributed by atoms with E-state index < -0.39 is 0 Å². The lowest BCUT2D eigenvalue weighted by atomic mass is 9.99. The molecule has 1 aliphatic heterocycles. The Balaban J connectivity index is 1.66. The molecule has 4 rings (SSSR count). The van der Waals surface area contributed by atoms with Gasteiger partial charge in [-0.25, -0.2) is 4.68 Å². The van der Waals surface area contributed by atoms with Gasteiger partial charge in [0, 0.05) is 36.8 Å². The van der Waals surface area contributed by atoms with E-state index in [-0.39, 0.29) is 6.23 Å². The first kappa shape index (κ1) is 17.5. The predicted molar refractivity (Wildman–Crippen MR) is 106 cm³/mol.